The first kappa shape index (κ1) is 18.6. The average Bonchev–Trinajstić information content (AvgIpc) is 2.80. The summed E-state index contributed by atoms with van der Waals surface area (Å²) in [5.41, 5.74) is 5.49. The highest BCUT2D eigenvalue weighted by atomic mass is 16.5. The molecule has 0 fully saturated rings. The summed E-state index contributed by atoms with van der Waals surface area (Å²) in [4.78, 5) is 12.6. The molecule has 1 heterocycles. The van der Waals surface area contributed by atoms with Crippen LogP contribution in [0.2, 0.25) is 0 Å². The molecule has 0 amide bonds. The third kappa shape index (κ3) is 3.94. The molecule has 1 aromatic heterocycles. The lowest BCUT2D eigenvalue weighted by molar-refractivity contribution is -0.572. The van der Waals surface area contributed by atoms with Crippen LogP contribution in [0.5, 0.6) is 0 Å². The van der Waals surface area contributed by atoms with Crippen molar-refractivity contribution in [1.82, 2.24) is 0 Å². The molecule has 0 radical (unpaired) electrons. The van der Waals surface area contributed by atoms with Crippen molar-refractivity contribution in [2.45, 2.75) is 6.92 Å². The standard InChI is InChI=1S/C26H22NO2/c1-2-29-26(28)22-18-24(20-12-6-3-7-13-20)27(23-16-10-5-11-17-23)25(19-22)21-14-8-4-9-15-21/h3-19H,2H2,1H3/q+1. The summed E-state index contributed by atoms with van der Waals surface area (Å²) < 4.78 is 7.49. The Bertz CT molecular complexity index is 1050. The molecule has 3 nitrogen and oxygen atoms in total. The molecule has 0 spiro atoms. The Morgan fingerprint density at radius 1 is 0.724 bits per heavy atom. The molecule has 0 aliphatic carbocycles. The first-order valence-electron chi connectivity index (χ1n) is 9.71. The number of hydrogen-bond donors (Lipinski definition) is 0. The number of esters is 1. The maximum Gasteiger partial charge on any atom is 0.338 e. The smallest absolute Gasteiger partial charge is 0.338 e. The van der Waals surface area contributed by atoms with Crippen LogP contribution >= 0.6 is 0 Å². The van der Waals surface area contributed by atoms with Gasteiger partial charge in [0.05, 0.1) is 12.2 Å². The number of hydrogen-bond acceptors (Lipinski definition) is 2. The van der Waals surface area contributed by atoms with E-state index in [0.717, 1.165) is 28.2 Å². The van der Waals surface area contributed by atoms with Crippen LogP contribution in [0.25, 0.3) is 28.2 Å². The van der Waals surface area contributed by atoms with Gasteiger partial charge in [-0.2, -0.15) is 4.57 Å². The Morgan fingerprint density at radius 2 is 1.17 bits per heavy atom. The molecule has 0 bridgehead atoms. The van der Waals surface area contributed by atoms with Gasteiger partial charge in [0.1, 0.15) is 0 Å². The fourth-order valence-corrected chi connectivity index (χ4v) is 3.43. The Balaban J connectivity index is 2.06. The van der Waals surface area contributed by atoms with E-state index in [1.807, 2.05) is 73.7 Å². The van der Waals surface area contributed by atoms with Crippen LogP contribution in [0.1, 0.15) is 17.3 Å². The van der Waals surface area contributed by atoms with Crippen molar-refractivity contribution < 1.29 is 14.1 Å². The van der Waals surface area contributed by atoms with E-state index in [4.69, 9.17) is 4.74 Å². The highest BCUT2D eigenvalue weighted by Crippen LogP contribution is 2.26. The van der Waals surface area contributed by atoms with Crippen LogP contribution in [0.3, 0.4) is 0 Å². The first-order valence-corrected chi connectivity index (χ1v) is 9.71. The molecule has 0 saturated carbocycles. The predicted molar refractivity (Wildman–Crippen MR) is 115 cm³/mol. The van der Waals surface area contributed by atoms with E-state index in [1.54, 1.807) is 0 Å². The lowest BCUT2D eigenvalue weighted by Crippen LogP contribution is -2.37. The van der Waals surface area contributed by atoms with Gasteiger partial charge in [0, 0.05) is 35.4 Å². The van der Waals surface area contributed by atoms with E-state index in [2.05, 4.69) is 41.0 Å². The molecule has 0 aliphatic heterocycles. The summed E-state index contributed by atoms with van der Waals surface area (Å²) in [5, 5.41) is 0. The largest absolute Gasteiger partial charge is 0.462 e. The fourth-order valence-electron chi connectivity index (χ4n) is 3.43. The Kier molecular flexibility index (Phi) is 5.48. The molecule has 3 heteroatoms. The molecule has 4 aromatic rings. The quantitative estimate of drug-likeness (QED) is 0.339. The van der Waals surface area contributed by atoms with Crippen LogP contribution in [0.4, 0.5) is 0 Å². The van der Waals surface area contributed by atoms with E-state index in [0.29, 0.717) is 12.2 Å². The van der Waals surface area contributed by atoms with Gasteiger partial charge in [0.15, 0.2) is 0 Å². The minimum absolute atomic E-state index is 0.318. The van der Waals surface area contributed by atoms with Gasteiger partial charge < -0.3 is 4.74 Å². The van der Waals surface area contributed by atoms with Crippen LogP contribution in [0, 0.1) is 0 Å². The predicted octanol–water partition coefficient (Wildman–Crippen LogP) is 5.47. The molecule has 3 aromatic carbocycles. The Hall–Kier alpha value is -3.72. The van der Waals surface area contributed by atoms with Crippen LogP contribution in [0.15, 0.2) is 103 Å². The zero-order valence-electron chi connectivity index (χ0n) is 16.3. The number of ether oxygens (including phenoxy) is 1. The van der Waals surface area contributed by atoms with Crippen molar-refractivity contribution in [2.24, 2.45) is 0 Å². The Morgan fingerprint density at radius 3 is 1.62 bits per heavy atom. The van der Waals surface area contributed by atoms with E-state index in [1.165, 1.54) is 0 Å². The van der Waals surface area contributed by atoms with Gasteiger partial charge in [0.25, 0.3) is 0 Å². The van der Waals surface area contributed by atoms with Crippen molar-refractivity contribution in [3.63, 3.8) is 0 Å². The number of nitrogens with zero attached hydrogens (tertiary/aromatic N) is 1. The van der Waals surface area contributed by atoms with Gasteiger partial charge in [-0.15, -0.1) is 0 Å². The number of carbonyl (C=O) groups is 1. The molecule has 0 atom stereocenters. The number of aromatic nitrogens is 1. The summed E-state index contributed by atoms with van der Waals surface area (Å²) >= 11 is 0. The van der Waals surface area contributed by atoms with E-state index >= 15 is 0 Å². The van der Waals surface area contributed by atoms with Crippen LogP contribution in [-0.2, 0) is 4.74 Å². The van der Waals surface area contributed by atoms with Crippen molar-refractivity contribution in [2.75, 3.05) is 6.61 Å². The lowest BCUT2D eigenvalue weighted by Gasteiger charge is -2.12. The highest BCUT2D eigenvalue weighted by Gasteiger charge is 2.26. The number of benzene rings is 3. The monoisotopic (exact) mass is 380 g/mol. The minimum Gasteiger partial charge on any atom is -0.462 e. The molecule has 0 aliphatic rings. The van der Waals surface area contributed by atoms with E-state index < -0.39 is 0 Å². The minimum atomic E-state index is -0.318. The average molecular weight is 380 g/mol. The zero-order valence-corrected chi connectivity index (χ0v) is 16.3. The van der Waals surface area contributed by atoms with Crippen LogP contribution in [-0.4, -0.2) is 12.6 Å². The van der Waals surface area contributed by atoms with Crippen molar-refractivity contribution in [1.29, 1.82) is 0 Å². The number of para-hydroxylation sites is 1. The van der Waals surface area contributed by atoms with Gasteiger partial charge in [-0.25, -0.2) is 4.79 Å². The first-order chi connectivity index (χ1) is 14.3. The maximum atomic E-state index is 12.6. The molecular weight excluding hydrogens is 358 g/mol. The summed E-state index contributed by atoms with van der Waals surface area (Å²) in [5.74, 6) is -0.318. The van der Waals surface area contributed by atoms with E-state index in [9.17, 15) is 4.79 Å². The van der Waals surface area contributed by atoms with Gasteiger partial charge in [-0.1, -0.05) is 54.6 Å². The third-order valence-electron chi connectivity index (χ3n) is 4.73. The lowest BCUT2D eigenvalue weighted by atomic mass is 10.0. The van der Waals surface area contributed by atoms with Crippen molar-refractivity contribution in [3.05, 3.63) is 109 Å². The second kappa shape index (κ2) is 8.53. The molecule has 0 N–H and O–H groups in total. The number of carbonyl (C=O) groups excluding carboxylic acids is 1. The van der Waals surface area contributed by atoms with Gasteiger partial charge >= 0.3 is 5.97 Å². The summed E-state index contributed by atoms with van der Waals surface area (Å²) in [7, 11) is 0. The zero-order chi connectivity index (χ0) is 20.1. The SMILES string of the molecule is CCOC(=O)c1cc(-c2ccccc2)[n+](-c2ccccc2)c(-c2ccccc2)c1. The summed E-state index contributed by atoms with van der Waals surface area (Å²) in [6.45, 7) is 2.16. The normalized spacial score (nSPS) is 10.5. The second-order valence-corrected chi connectivity index (χ2v) is 6.64. The van der Waals surface area contributed by atoms with Gasteiger partial charge in [-0.3, -0.25) is 0 Å². The molecular formula is C26H22NO2+. The van der Waals surface area contributed by atoms with Crippen LogP contribution < -0.4 is 4.57 Å². The fraction of sp³-hybridized carbons (Fsp3) is 0.0769. The molecule has 0 saturated heterocycles. The van der Waals surface area contributed by atoms with E-state index in [-0.39, 0.29) is 5.97 Å². The summed E-state index contributed by atoms with van der Waals surface area (Å²) in [6, 6.07) is 34.2. The van der Waals surface area contributed by atoms with Crippen molar-refractivity contribution >= 4 is 5.97 Å². The molecule has 0 unspecified atom stereocenters. The Labute approximate surface area is 170 Å². The summed E-state index contributed by atoms with van der Waals surface area (Å²) in [6.07, 6.45) is 0. The number of rotatable bonds is 5. The maximum absolute atomic E-state index is 12.6. The molecule has 29 heavy (non-hydrogen) atoms. The van der Waals surface area contributed by atoms with Crippen molar-refractivity contribution in [3.8, 4) is 28.2 Å². The van der Waals surface area contributed by atoms with Gasteiger partial charge in [0.2, 0.25) is 17.1 Å². The highest BCUT2D eigenvalue weighted by molar-refractivity contribution is 5.91. The molecule has 4 rings (SSSR count). The third-order valence-corrected chi connectivity index (χ3v) is 4.73. The topological polar surface area (TPSA) is 30.2 Å². The number of pyridine rings is 1. The second-order valence-electron chi connectivity index (χ2n) is 6.64. The van der Waals surface area contributed by atoms with Gasteiger partial charge in [-0.05, 0) is 31.2 Å². The molecule has 142 valence electrons.